The summed E-state index contributed by atoms with van der Waals surface area (Å²) in [6.07, 6.45) is 1.54. The zero-order valence-corrected chi connectivity index (χ0v) is 10.8. The average Bonchev–Trinajstić information content (AvgIpc) is 2.46. The topological polar surface area (TPSA) is 57.0 Å². The molecule has 0 N–H and O–H groups in total. The summed E-state index contributed by atoms with van der Waals surface area (Å²) in [5, 5.41) is 9.09. The lowest BCUT2D eigenvalue weighted by Gasteiger charge is -2.19. The van der Waals surface area contributed by atoms with Gasteiger partial charge in [-0.2, -0.15) is 5.26 Å². The minimum absolute atomic E-state index is 0.0147. The quantitative estimate of drug-likeness (QED) is 0.787. The standard InChI is InChI=1S/C15H13N3O/c1-11(19)13-7-8-15(17-10-13)18(2)14-6-4-3-5-12(14)9-16/h3-8,10H,1-2H3. The Morgan fingerprint density at radius 3 is 2.58 bits per heavy atom. The highest BCUT2D eigenvalue weighted by atomic mass is 16.1. The number of rotatable bonds is 3. The molecule has 0 fully saturated rings. The first-order valence-corrected chi connectivity index (χ1v) is 5.83. The molecule has 0 saturated heterocycles. The molecule has 94 valence electrons. The molecule has 0 spiro atoms. The maximum Gasteiger partial charge on any atom is 0.161 e. The predicted molar refractivity (Wildman–Crippen MR) is 73.5 cm³/mol. The van der Waals surface area contributed by atoms with Gasteiger partial charge in [-0.25, -0.2) is 4.98 Å². The first kappa shape index (κ1) is 12.8. The second kappa shape index (κ2) is 5.32. The highest BCUT2D eigenvalue weighted by Gasteiger charge is 2.10. The lowest BCUT2D eigenvalue weighted by atomic mass is 10.1. The number of aromatic nitrogens is 1. The number of hydrogen-bond donors (Lipinski definition) is 0. The van der Waals surface area contributed by atoms with E-state index in [0.717, 1.165) is 5.69 Å². The molecule has 0 aliphatic heterocycles. The molecule has 1 heterocycles. The second-order valence-electron chi connectivity index (χ2n) is 4.15. The van der Waals surface area contributed by atoms with Crippen molar-refractivity contribution in [3.05, 3.63) is 53.7 Å². The van der Waals surface area contributed by atoms with Gasteiger partial charge in [-0.3, -0.25) is 4.79 Å². The third-order valence-electron chi connectivity index (χ3n) is 2.88. The summed E-state index contributed by atoms with van der Waals surface area (Å²) in [6.45, 7) is 1.51. The molecule has 2 rings (SSSR count). The summed E-state index contributed by atoms with van der Waals surface area (Å²) in [5.74, 6) is 0.673. The lowest BCUT2D eigenvalue weighted by molar-refractivity contribution is 0.101. The fourth-order valence-corrected chi connectivity index (χ4v) is 1.78. The van der Waals surface area contributed by atoms with Gasteiger partial charge in [-0.05, 0) is 31.2 Å². The summed E-state index contributed by atoms with van der Waals surface area (Å²) in [5.41, 5.74) is 1.95. The minimum Gasteiger partial charge on any atom is -0.328 e. The van der Waals surface area contributed by atoms with Gasteiger partial charge >= 0.3 is 0 Å². The fraction of sp³-hybridized carbons (Fsp3) is 0.133. The third-order valence-corrected chi connectivity index (χ3v) is 2.88. The molecule has 4 nitrogen and oxygen atoms in total. The van der Waals surface area contributed by atoms with E-state index in [-0.39, 0.29) is 5.78 Å². The SMILES string of the molecule is CC(=O)c1ccc(N(C)c2ccccc2C#N)nc1. The Bertz CT molecular complexity index is 641. The van der Waals surface area contributed by atoms with E-state index in [9.17, 15) is 4.79 Å². The van der Waals surface area contributed by atoms with Crippen LogP contribution in [-0.4, -0.2) is 17.8 Å². The van der Waals surface area contributed by atoms with Gasteiger partial charge in [0.05, 0.1) is 11.3 Å². The number of carbonyl (C=O) groups excluding carboxylic acids is 1. The average molecular weight is 251 g/mol. The number of anilines is 2. The molecular weight excluding hydrogens is 238 g/mol. The third kappa shape index (κ3) is 2.61. The molecule has 0 unspecified atom stereocenters. The predicted octanol–water partition coefficient (Wildman–Crippen LogP) is 2.92. The summed E-state index contributed by atoms with van der Waals surface area (Å²) in [4.78, 5) is 17.3. The van der Waals surface area contributed by atoms with Crippen molar-refractivity contribution < 1.29 is 4.79 Å². The van der Waals surface area contributed by atoms with Crippen molar-refractivity contribution in [1.82, 2.24) is 4.98 Å². The lowest BCUT2D eigenvalue weighted by Crippen LogP contribution is -2.12. The van der Waals surface area contributed by atoms with Crippen LogP contribution in [0.1, 0.15) is 22.8 Å². The van der Waals surface area contributed by atoms with E-state index < -0.39 is 0 Å². The Morgan fingerprint density at radius 2 is 2.00 bits per heavy atom. The summed E-state index contributed by atoms with van der Waals surface area (Å²) in [7, 11) is 1.84. The Kier molecular flexibility index (Phi) is 3.58. The molecule has 0 aliphatic carbocycles. The van der Waals surface area contributed by atoms with E-state index >= 15 is 0 Å². The molecule has 0 saturated carbocycles. The van der Waals surface area contributed by atoms with E-state index in [1.54, 1.807) is 24.4 Å². The van der Waals surface area contributed by atoms with Gasteiger partial charge in [0, 0.05) is 18.8 Å². The van der Waals surface area contributed by atoms with Crippen LogP contribution in [0.3, 0.4) is 0 Å². The second-order valence-corrected chi connectivity index (χ2v) is 4.15. The largest absolute Gasteiger partial charge is 0.328 e. The van der Waals surface area contributed by atoms with Gasteiger partial charge in [0.1, 0.15) is 11.9 Å². The van der Waals surface area contributed by atoms with Crippen LogP contribution in [0.2, 0.25) is 0 Å². The number of benzene rings is 1. The van der Waals surface area contributed by atoms with Gasteiger partial charge in [-0.15, -0.1) is 0 Å². The van der Waals surface area contributed by atoms with Crippen LogP contribution < -0.4 is 4.90 Å². The van der Waals surface area contributed by atoms with Crippen LogP contribution in [-0.2, 0) is 0 Å². The van der Waals surface area contributed by atoms with Gasteiger partial charge in [-0.1, -0.05) is 12.1 Å². The zero-order valence-electron chi connectivity index (χ0n) is 10.8. The maximum atomic E-state index is 11.2. The molecule has 0 atom stereocenters. The van der Waals surface area contributed by atoms with Gasteiger partial charge < -0.3 is 4.90 Å². The molecule has 0 amide bonds. The Labute approximate surface area is 111 Å². The molecule has 1 aromatic heterocycles. The Hall–Kier alpha value is -2.67. The number of nitrogens with zero attached hydrogens (tertiary/aromatic N) is 3. The molecule has 2 aromatic rings. The van der Waals surface area contributed by atoms with Crippen LogP contribution in [0.4, 0.5) is 11.5 Å². The van der Waals surface area contributed by atoms with Crippen molar-refractivity contribution in [2.45, 2.75) is 6.92 Å². The van der Waals surface area contributed by atoms with E-state index in [1.165, 1.54) is 6.92 Å². The Balaban J connectivity index is 2.36. The molecule has 19 heavy (non-hydrogen) atoms. The Morgan fingerprint density at radius 1 is 1.26 bits per heavy atom. The van der Waals surface area contributed by atoms with E-state index in [0.29, 0.717) is 16.9 Å². The summed E-state index contributed by atoms with van der Waals surface area (Å²) in [6, 6.07) is 13.0. The molecule has 0 bridgehead atoms. The van der Waals surface area contributed by atoms with E-state index in [4.69, 9.17) is 5.26 Å². The monoisotopic (exact) mass is 251 g/mol. The minimum atomic E-state index is -0.0147. The number of pyridine rings is 1. The molecule has 1 aromatic carbocycles. The van der Waals surface area contributed by atoms with Crippen molar-refractivity contribution in [2.24, 2.45) is 0 Å². The summed E-state index contributed by atoms with van der Waals surface area (Å²) >= 11 is 0. The van der Waals surface area contributed by atoms with Crippen LogP contribution >= 0.6 is 0 Å². The molecule has 4 heteroatoms. The zero-order chi connectivity index (χ0) is 13.8. The van der Waals surface area contributed by atoms with Crippen LogP contribution in [0.5, 0.6) is 0 Å². The van der Waals surface area contributed by atoms with Gasteiger partial charge in [0.2, 0.25) is 0 Å². The molecular formula is C15H13N3O. The normalized spacial score (nSPS) is 9.74. The van der Waals surface area contributed by atoms with Crippen molar-refractivity contribution in [2.75, 3.05) is 11.9 Å². The number of ketones is 1. The summed E-state index contributed by atoms with van der Waals surface area (Å²) < 4.78 is 0. The van der Waals surface area contributed by atoms with Gasteiger partial charge in [0.25, 0.3) is 0 Å². The fourth-order valence-electron chi connectivity index (χ4n) is 1.78. The number of para-hydroxylation sites is 1. The molecule has 0 radical (unpaired) electrons. The maximum absolute atomic E-state index is 11.2. The van der Waals surface area contributed by atoms with E-state index in [2.05, 4.69) is 11.1 Å². The highest BCUT2D eigenvalue weighted by Crippen LogP contribution is 2.24. The van der Waals surface area contributed by atoms with Crippen LogP contribution in [0.15, 0.2) is 42.6 Å². The number of Topliss-reactive ketones (excluding diaryl/α,β-unsaturated/α-hetero) is 1. The van der Waals surface area contributed by atoms with Crippen LogP contribution in [0, 0.1) is 11.3 Å². The first-order valence-electron chi connectivity index (χ1n) is 5.83. The van der Waals surface area contributed by atoms with Crippen molar-refractivity contribution in [3.63, 3.8) is 0 Å². The molecule has 0 aliphatic rings. The number of carbonyl (C=O) groups is 1. The van der Waals surface area contributed by atoms with Crippen molar-refractivity contribution >= 4 is 17.3 Å². The highest BCUT2D eigenvalue weighted by molar-refractivity contribution is 5.93. The smallest absolute Gasteiger partial charge is 0.161 e. The number of hydrogen-bond acceptors (Lipinski definition) is 4. The van der Waals surface area contributed by atoms with E-state index in [1.807, 2.05) is 30.1 Å². The number of nitriles is 1. The van der Waals surface area contributed by atoms with Crippen LogP contribution in [0.25, 0.3) is 0 Å². The van der Waals surface area contributed by atoms with Crippen molar-refractivity contribution in [1.29, 1.82) is 5.26 Å². The van der Waals surface area contributed by atoms with Crippen molar-refractivity contribution in [3.8, 4) is 6.07 Å². The van der Waals surface area contributed by atoms with Gasteiger partial charge in [0.15, 0.2) is 5.78 Å². The first-order chi connectivity index (χ1) is 9.13.